The number of amides is 2. The highest BCUT2D eigenvalue weighted by molar-refractivity contribution is 6.21. The monoisotopic (exact) mass is 268 g/mol. The Hall–Kier alpha value is -2.82. The average Bonchev–Trinajstić information content (AvgIpc) is 2.70. The van der Waals surface area contributed by atoms with Gasteiger partial charge in [0.1, 0.15) is 5.82 Å². The minimum atomic E-state index is -0.474. The average molecular weight is 268 g/mol. The van der Waals surface area contributed by atoms with Gasteiger partial charge in [-0.15, -0.1) is 0 Å². The fraction of sp³-hybridized carbons (Fsp3) is 0. The lowest BCUT2D eigenvalue weighted by atomic mass is 10.1. The molecule has 0 aliphatic carbocycles. The fourth-order valence-corrected chi connectivity index (χ4v) is 1.99. The van der Waals surface area contributed by atoms with Gasteiger partial charge in [0, 0.05) is 0 Å². The van der Waals surface area contributed by atoms with Crippen LogP contribution < -0.4 is 0 Å². The van der Waals surface area contributed by atoms with Gasteiger partial charge in [-0.1, -0.05) is 24.3 Å². The number of benzene rings is 2. The Bertz CT molecular complexity index is 705. The minimum absolute atomic E-state index is 0.328. The summed E-state index contributed by atoms with van der Waals surface area (Å²) in [5, 5.41) is 4.64. The number of halogens is 1. The van der Waals surface area contributed by atoms with Crippen molar-refractivity contribution in [2.24, 2.45) is 5.10 Å². The van der Waals surface area contributed by atoms with E-state index in [9.17, 15) is 14.0 Å². The van der Waals surface area contributed by atoms with Crippen molar-refractivity contribution in [3.8, 4) is 0 Å². The molecule has 1 aliphatic rings. The zero-order chi connectivity index (χ0) is 14.1. The van der Waals surface area contributed by atoms with Crippen LogP contribution >= 0.6 is 0 Å². The molecule has 0 aromatic heterocycles. The summed E-state index contributed by atoms with van der Waals surface area (Å²) in [6.45, 7) is 0. The fourth-order valence-electron chi connectivity index (χ4n) is 1.99. The van der Waals surface area contributed by atoms with E-state index < -0.39 is 17.6 Å². The number of nitrogens with zero attached hydrogens (tertiary/aromatic N) is 2. The first-order valence-electron chi connectivity index (χ1n) is 5.94. The molecule has 0 fully saturated rings. The van der Waals surface area contributed by atoms with Crippen LogP contribution in [0.3, 0.4) is 0 Å². The van der Waals surface area contributed by atoms with Crippen molar-refractivity contribution in [3.63, 3.8) is 0 Å². The zero-order valence-corrected chi connectivity index (χ0v) is 10.3. The number of imide groups is 1. The first-order valence-corrected chi connectivity index (χ1v) is 5.94. The van der Waals surface area contributed by atoms with Gasteiger partial charge in [-0.25, -0.2) is 4.39 Å². The van der Waals surface area contributed by atoms with Crippen LogP contribution in [0, 0.1) is 5.82 Å². The molecule has 0 N–H and O–H groups in total. The second-order valence-corrected chi connectivity index (χ2v) is 4.27. The van der Waals surface area contributed by atoms with Gasteiger partial charge in [-0.3, -0.25) is 9.59 Å². The molecule has 3 rings (SSSR count). The molecule has 0 saturated carbocycles. The molecule has 1 heterocycles. The number of hydrazone groups is 1. The molecule has 0 radical (unpaired) electrons. The van der Waals surface area contributed by atoms with Gasteiger partial charge in [0.25, 0.3) is 11.8 Å². The van der Waals surface area contributed by atoms with E-state index >= 15 is 0 Å². The molecule has 0 bridgehead atoms. The maximum absolute atomic E-state index is 13.0. The van der Waals surface area contributed by atoms with E-state index in [4.69, 9.17) is 0 Å². The Morgan fingerprint density at radius 3 is 2.20 bits per heavy atom. The third kappa shape index (κ3) is 1.99. The van der Waals surface area contributed by atoms with E-state index in [-0.39, 0.29) is 0 Å². The second-order valence-electron chi connectivity index (χ2n) is 4.27. The molecule has 98 valence electrons. The number of hydrogen-bond donors (Lipinski definition) is 0. The van der Waals surface area contributed by atoms with Crippen LogP contribution in [-0.4, -0.2) is 23.0 Å². The number of hydrogen-bond acceptors (Lipinski definition) is 3. The molecule has 2 amide bonds. The first-order chi connectivity index (χ1) is 9.66. The van der Waals surface area contributed by atoms with Crippen LogP contribution in [0.2, 0.25) is 0 Å². The zero-order valence-electron chi connectivity index (χ0n) is 10.3. The van der Waals surface area contributed by atoms with Gasteiger partial charge in [-0.05, 0) is 29.8 Å². The summed E-state index contributed by atoms with van der Waals surface area (Å²) in [5.74, 6) is -1.35. The molecule has 0 unspecified atom stereocenters. The predicted octanol–water partition coefficient (Wildman–Crippen LogP) is 2.46. The van der Waals surface area contributed by atoms with Crippen molar-refractivity contribution < 1.29 is 14.0 Å². The largest absolute Gasteiger partial charge is 0.282 e. The Kier molecular flexibility index (Phi) is 2.87. The topological polar surface area (TPSA) is 49.7 Å². The van der Waals surface area contributed by atoms with Gasteiger partial charge in [0.2, 0.25) is 0 Å². The summed E-state index contributed by atoms with van der Waals surface area (Å²) < 4.78 is 13.0. The third-order valence-corrected chi connectivity index (χ3v) is 2.94. The van der Waals surface area contributed by atoms with Crippen LogP contribution in [0.4, 0.5) is 4.39 Å². The Morgan fingerprint density at radius 2 is 1.60 bits per heavy atom. The summed E-state index contributed by atoms with van der Waals surface area (Å²) in [5.41, 5.74) is 1.13. The summed E-state index contributed by atoms with van der Waals surface area (Å²) in [7, 11) is 0. The molecule has 1 aliphatic heterocycles. The number of carbonyl (C=O) groups excluding carboxylic acids is 2. The highest BCUT2D eigenvalue weighted by atomic mass is 19.1. The summed E-state index contributed by atoms with van der Waals surface area (Å²) in [6, 6.07) is 12.2. The van der Waals surface area contributed by atoms with E-state index in [1.54, 1.807) is 30.3 Å². The Morgan fingerprint density at radius 1 is 0.950 bits per heavy atom. The maximum atomic E-state index is 13.0. The second kappa shape index (κ2) is 4.70. The van der Waals surface area contributed by atoms with E-state index in [0.717, 1.165) is 5.01 Å². The Labute approximate surface area is 114 Å². The van der Waals surface area contributed by atoms with Gasteiger partial charge in [0.15, 0.2) is 0 Å². The molecule has 2 aromatic rings. The molecule has 2 aromatic carbocycles. The lowest BCUT2D eigenvalue weighted by Crippen LogP contribution is -2.23. The molecule has 0 atom stereocenters. The van der Waals surface area contributed by atoms with Crippen molar-refractivity contribution >= 4 is 18.0 Å². The molecule has 5 heteroatoms. The lowest BCUT2D eigenvalue weighted by Gasteiger charge is -2.05. The summed E-state index contributed by atoms with van der Waals surface area (Å²) in [4.78, 5) is 24.0. The summed E-state index contributed by atoms with van der Waals surface area (Å²) >= 11 is 0. The van der Waals surface area contributed by atoms with Crippen molar-refractivity contribution in [1.29, 1.82) is 0 Å². The summed E-state index contributed by atoms with van der Waals surface area (Å²) in [6.07, 6.45) is 1.28. The van der Waals surface area contributed by atoms with Crippen LogP contribution in [0.15, 0.2) is 53.6 Å². The quantitative estimate of drug-likeness (QED) is 0.620. The highest BCUT2D eigenvalue weighted by Gasteiger charge is 2.35. The van der Waals surface area contributed by atoms with E-state index in [1.807, 2.05) is 0 Å². The van der Waals surface area contributed by atoms with Crippen molar-refractivity contribution in [2.75, 3.05) is 0 Å². The van der Waals surface area contributed by atoms with E-state index in [2.05, 4.69) is 5.10 Å². The molecule has 20 heavy (non-hydrogen) atoms. The molecular formula is C15H9FN2O2. The molecule has 0 spiro atoms. The smallest absolute Gasteiger partial charge is 0.267 e. The minimum Gasteiger partial charge on any atom is -0.267 e. The number of carbonyl (C=O) groups is 2. The van der Waals surface area contributed by atoms with Gasteiger partial charge >= 0.3 is 0 Å². The normalized spacial score (nSPS) is 14.2. The van der Waals surface area contributed by atoms with Crippen LogP contribution in [0.5, 0.6) is 0 Å². The number of rotatable bonds is 2. The Balaban J connectivity index is 1.90. The van der Waals surface area contributed by atoms with E-state index in [1.165, 1.54) is 24.4 Å². The molecule has 4 nitrogen and oxygen atoms in total. The number of fused-ring (bicyclic) bond motifs is 1. The van der Waals surface area contributed by atoms with Crippen LogP contribution in [0.25, 0.3) is 0 Å². The third-order valence-electron chi connectivity index (χ3n) is 2.94. The van der Waals surface area contributed by atoms with Crippen LogP contribution in [0.1, 0.15) is 26.3 Å². The van der Waals surface area contributed by atoms with E-state index in [0.29, 0.717) is 16.7 Å². The highest BCUT2D eigenvalue weighted by Crippen LogP contribution is 2.22. The van der Waals surface area contributed by atoms with Crippen LogP contribution in [-0.2, 0) is 0 Å². The van der Waals surface area contributed by atoms with Gasteiger partial charge in [0.05, 0.1) is 17.3 Å². The standard InChI is InChI=1S/C15H9FN2O2/c16-11-5-3-4-10(8-11)9-17-18-14(19)12-6-1-2-7-13(12)15(18)20/h1-9H/b17-9-. The SMILES string of the molecule is O=C1c2ccccc2C(=O)N1/N=C\c1cccc(F)c1. The first kappa shape index (κ1) is 12.2. The maximum Gasteiger partial charge on any atom is 0.282 e. The van der Waals surface area contributed by atoms with Crippen molar-refractivity contribution in [3.05, 3.63) is 71.0 Å². The van der Waals surface area contributed by atoms with Gasteiger partial charge in [-0.2, -0.15) is 10.1 Å². The van der Waals surface area contributed by atoms with Crippen molar-refractivity contribution in [2.45, 2.75) is 0 Å². The van der Waals surface area contributed by atoms with Gasteiger partial charge < -0.3 is 0 Å². The lowest BCUT2D eigenvalue weighted by molar-refractivity contribution is 0.0660. The molecular weight excluding hydrogens is 259 g/mol. The predicted molar refractivity (Wildman–Crippen MR) is 70.9 cm³/mol. The van der Waals surface area contributed by atoms with Crippen molar-refractivity contribution in [1.82, 2.24) is 5.01 Å². The molecule has 0 saturated heterocycles.